The first-order valence-corrected chi connectivity index (χ1v) is 11.9. The molecule has 0 heterocycles. The summed E-state index contributed by atoms with van der Waals surface area (Å²) < 4.78 is 0. The van der Waals surface area contributed by atoms with Crippen LogP contribution in [0, 0.1) is 25.2 Å². The number of rotatable bonds is 5. The molecule has 0 atom stereocenters. The summed E-state index contributed by atoms with van der Waals surface area (Å²) >= 11 is 0. The molecule has 2 aliphatic carbocycles. The van der Waals surface area contributed by atoms with Crippen LogP contribution in [0.2, 0.25) is 0 Å². The summed E-state index contributed by atoms with van der Waals surface area (Å²) in [6.45, 7) is 4.26. The van der Waals surface area contributed by atoms with Gasteiger partial charge in [-0.05, 0) is 90.5 Å². The van der Waals surface area contributed by atoms with Gasteiger partial charge < -0.3 is 0 Å². The maximum Gasteiger partial charge on any atom is -0.00461 e. The van der Waals surface area contributed by atoms with Crippen molar-refractivity contribution in [3.63, 3.8) is 0 Å². The molecule has 0 aromatic heterocycles. The number of hydrogen-bond acceptors (Lipinski definition) is 0. The molecular formula is C31H34. The first kappa shape index (κ1) is 21.5. The van der Waals surface area contributed by atoms with Gasteiger partial charge in [0.1, 0.15) is 0 Å². The molecular weight excluding hydrogens is 372 g/mol. The van der Waals surface area contributed by atoms with E-state index in [-0.39, 0.29) is 0 Å². The number of terminal acetylenes is 1. The van der Waals surface area contributed by atoms with E-state index < -0.39 is 0 Å². The minimum atomic E-state index is 0.877. The molecule has 1 saturated carbocycles. The number of aryl methyl sites for hydroxylation is 2. The zero-order chi connectivity index (χ0) is 21.6. The van der Waals surface area contributed by atoms with Crippen molar-refractivity contribution in [3.8, 4) is 12.3 Å². The quantitative estimate of drug-likeness (QED) is 0.348. The van der Waals surface area contributed by atoms with Crippen molar-refractivity contribution in [2.75, 3.05) is 0 Å². The van der Waals surface area contributed by atoms with Crippen molar-refractivity contribution in [2.24, 2.45) is 5.92 Å². The third-order valence-electron chi connectivity index (χ3n) is 6.88. The lowest BCUT2D eigenvalue weighted by atomic mass is 9.86. The Kier molecular flexibility index (Phi) is 6.93. The lowest BCUT2D eigenvalue weighted by Crippen LogP contribution is -2.00. The Morgan fingerprint density at radius 3 is 2.52 bits per heavy atom. The topological polar surface area (TPSA) is 0 Å². The van der Waals surface area contributed by atoms with Crippen LogP contribution in [0.15, 0.2) is 71.8 Å². The summed E-state index contributed by atoms with van der Waals surface area (Å²) in [5.74, 6) is 3.65. The average Bonchev–Trinajstić information content (AvgIpc) is 3.20. The lowest BCUT2D eigenvalue weighted by Gasteiger charge is -2.18. The first-order chi connectivity index (χ1) is 15.2. The molecule has 0 bridgehead atoms. The largest absolute Gasteiger partial charge is 0.115 e. The molecule has 0 aliphatic heterocycles. The van der Waals surface area contributed by atoms with Crippen molar-refractivity contribution in [1.29, 1.82) is 0 Å². The van der Waals surface area contributed by atoms with E-state index in [1.165, 1.54) is 76.6 Å². The zero-order valence-corrected chi connectivity index (χ0v) is 19.1. The van der Waals surface area contributed by atoms with Crippen molar-refractivity contribution in [3.05, 3.63) is 99.7 Å². The number of fused-ring (bicyclic) bond motifs is 1. The van der Waals surface area contributed by atoms with Gasteiger partial charge in [-0.2, -0.15) is 0 Å². The highest BCUT2D eigenvalue weighted by Crippen LogP contribution is 2.39. The SMILES string of the molecule is C#C/C=C(\C=C/C)C1=C(c2ccc(CC3CCCC3)cc2)c2ccc(C)cc2CCC1. The van der Waals surface area contributed by atoms with Crippen molar-refractivity contribution >= 4 is 5.57 Å². The second kappa shape index (κ2) is 10.0. The highest BCUT2D eigenvalue weighted by Gasteiger charge is 2.21. The summed E-state index contributed by atoms with van der Waals surface area (Å²) in [6, 6.07) is 16.3. The second-order valence-electron chi connectivity index (χ2n) is 9.19. The highest BCUT2D eigenvalue weighted by molar-refractivity contribution is 5.87. The molecule has 0 amide bonds. The molecule has 0 radical (unpaired) electrons. The highest BCUT2D eigenvalue weighted by atomic mass is 14.3. The maximum absolute atomic E-state index is 5.72. The van der Waals surface area contributed by atoms with Crippen LogP contribution in [0.25, 0.3) is 5.57 Å². The predicted octanol–water partition coefficient (Wildman–Crippen LogP) is 8.00. The molecule has 4 rings (SSSR count). The van der Waals surface area contributed by atoms with Crippen LogP contribution in [0.3, 0.4) is 0 Å². The summed E-state index contributed by atoms with van der Waals surface area (Å²) in [5, 5.41) is 0. The van der Waals surface area contributed by atoms with Gasteiger partial charge in [0.25, 0.3) is 0 Å². The van der Waals surface area contributed by atoms with Crippen molar-refractivity contribution in [1.82, 2.24) is 0 Å². The summed E-state index contributed by atoms with van der Waals surface area (Å²) in [7, 11) is 0. The van der Waals surface area contributed by atoms with Gasteiger partial charge in [0, 0.05) is 0 Å². The lowest BCUT2D eigenvalue weighted by molar-refractivity contribution is 0.546. The average molecular weight is 407 g/mol. The van der Waals surface area contributed by atoms with Gasteiger partial charge >= 0.3 is 0 Å². The van der Waals surface area contributed by atoms with Gasteiger partial charge in [-0.1, -0.05) is 91.8 Å². The molecule has 2 aromatic carbocycles. The maximum atomic E-state index is 5.72. The van der Waals surface area contributed by atoms with E-state index in [9.17, 15) is 0 Å². The first-order valence-electron chi connectivity index (χ1n) is 11.9. The Hall–Kier alpha value is -2.78. The standard InChI is InChI=1S/C31H34/c1-4-9-26(10-5-2)29-14-8-13-28-21-23(3)15-20-30(28)31(29)27-18-16-25(17-19-27)22-24-11-6-7-12-24/h1,5,9-10,15-21,24H,6-8,11-14,22H2,2-3H3/b10-5-,26-9+. The molecule has 0 heteroatoms. The minimum Gasteiger partial charge on any atom is -0.115 e. The number of hydrogen-bond donors (Lipinski definition) is 0. The smallest absolute Gasteiger partial charge is 0.00461 e. The van der Waals surface area contributed by atoms with Crippen LogP contribution in [0.4, 0.5) is 0 Å². The van der Waals surface area contributed by atoms with E-state index in [0.29, 0.717) is 0 Å². The fourth-order valence-electron chi connectivity index (χ4n) is 5.40. The van der Waals surface area contributed by atoms with E-state index in [1.54, 1.807) is 0 Å². The Morgan fingerprint density at radius 2 is 1.81 bits per heavy atom. The van der Waals surface area contributed by atoms with Gasteiger partial charge in [-0.15, -0.1) is 6.42 Å². The molecule has 31 heavy (non-hydrogen) atoms. The molecule has 158 valence electrons. The molecule has 0 N–H and O–H groups in total. The van der Waals surface area contributed by atoms with Crippen LogP contribution >= 0.6 is 0 Å². The number of allylic oxidation sites excluding steroid dienone is 5. The van der Waals surface area contributed by atoms with Gasteiger partial charge in [-0.25, -0.2) is 0 Å². The van der Waals surface area contributed by atoms with Crippen LogP contribution in [0.1, 0.15) is 73.3 Å². The van der Waals surface area contributed by atoms with E-state index >= 15 is 0 Å². The Labute approximate surface area is 188 Å². The normalized spacial score (nSPS) is 17.6. The van der Waals surface area contributed by atoms with E-state index in [1.807, 2.05) is 6.08 Å². The molecule has 2 aromatic rings. The number of benzene rings is 2. The van der Waals surface area contributed by atoms with Crippen LogP contribution in [-0.4, -0.2) is 0 Å². The zero-order valence-electron chi connectivity index (χ0n) is 19.1. The van der Waals surface area contributed by atoms with Crippen molar-refractivity contribution < 1.29 is 0 Å². The fraction of sp³-hybridized carbons (Fsp3) is 0.355. The summed E-state index contributed by atoms with van der Waals surface area (Å²) in [4.78, 5) is 0. The van der Waals surface area contributed by atoms with E-state index in [4.69, 9.17) is 6.42 Å². The molecule has 0 spiro atoms. The Morgan fingerprint density at radius 1 is 1.03 bits per heavy atom. The fourth-order valence-corrected chi connectivity index (χ4v) is 5.40. The predicted molar refractivity (Wildman–Crippen MR) is 134 cm³/mol. The van der Waals surface area contributed by atoms with Gasteiger partial charge in [0.2, 0.25) is 0 Å². The minimum absolute atomic E-state index is 0.877. The molecule has 0 saturated heterocycles. The molecule has 1 fully saturated rings. The molecule has 0 nitrogen and oxygen atoms in total. The molecule has 2 aliphatic rings. The van der Waals surface area contributed by atoms with Crippen LogP contribution < -0.4 is 0 Å². The van der Waals surface area contributed by atoms with Crippen molar-refractivity contribution in [2.45, 2.75) is 65.2 Å². The third-order valence-corrected chi connectivity index (χ3v) is 6.88. The van der Waals surface area contributed by atoms with Gasteiger partial charge in [0.05, 0.1) is 0 Å². The second-order valence-corrected chi connectivity index (χ2v) is 9.19. The van der Waals surface area contributed by atoms with Crippen LogP contribution in [0.5, 0.6) is 0 Å². The van der Waals surface area contributed by atoms with Gasteiger partial charge in [0.15, 0.2) is 0 Å². The van der Waals surface area contributed by atoms with E-state index in [0.717, 1.165) is 25.2 Å². The third kappa shape index (κ3) is 4.94. The Bertz CT molecular complexity index is 1040. The monoisotopic (exact) mass is 406 g/mol. The molecule has 0 unspecified atom stereocenters. The van der Waals surface area contributed by atoms with Crippen LogP contribution in [-0.2, 0) is 12.8 Å². The summed E-state index contributed by atoms with van der Waals surface area (Å²) in [5.41, 5.74) is 10.9. The Balaban J connectivity index is 1.82. The van der Waals surface area contributed by atoms with E-state index in [2.05, 4.69) is 74.4 Å². The van der Waals surface area contributed by atoms with Gasteiger partial charge in [-0.3, -0.25) is 0 Å². The summed E-state index contributed by atoms with van der Waals surface area (Å²) in [6.07, 6.45) is 22.1.